The van der Waals surface area contributed by atoms with Crippen LogP contribution in [0.2, 0.25) is 0 Å². The van der Waals surface area contributed by atoms with Crippen molar-refractivity contribution in [3.63, 3.8) is 0 Å². The summed E-state index contributed by atoms with van der Waals surface area (Å²) in [4.78, 5) is 32.0. The molecule has 0 bridgehead atoms. The SMILES string of the molecule is O=C(N[C@@H]1CN[C@H](C(=O)O)C1)OCC1c2ccccc2-c2ccccc21.O=C(O)C(F)(F)F. The standard InChI is InChI=1S/C20H20N2O4.C2HF3O2/c23-19(24)18-9-12(10-21-18)22-20(25)26-11-17-15-7-3-1-5-13(15)14-6-2-4-8-16(14)17;3-2(4,5)1(6)7/h1-8,12,17-18,21H,9-11H2,(H,22,25)(H,23,24);(H,6,7)/t12-,18-;/m0./s1. The summed E-state index contributed by atoms with van der Waals surface area (Å²) in [5.41, 5.74) is 4.69. The highest BCUT2D eigenvalue weighted by molar-refractivity contribution is 5.79. The highest BCUT2D eigenvalue weighted by Gasteiger charge is 2.38. The number of carbonyl (C=O) groups excluding carboxylic acids is 1. The van der Waals surface area contributed by atoms with E-state index < -0.39 is 30.2 Å². The van der Waals surface area contributed by atoms with Crippen molar-refractivity contribution in [1.82, 2.24) is 10.6 Å². The van der Waals surface area contributed by atoms with Gasteiger partial charge in [0.2, 0.25) is 0 Å². The number of hydrogen-bond acceptors (Lipinski definition) is 5. The second kappa shape index (κ2) is 9.90. The van der Waals surface area contributed by atoms with Crippen LogP contribution in [0.5, 0.6) is 0 Å². The molecule has 0 unspecified atom stereocenters. The summed E-state index contributed by atoms with van der Waals surface area (Å²) >= 11 is 0. The number of hydrogen-bond donors (Lipinski definition) is 4. The summed E-state index contributed by atoms with van der Waals surface area (Å²) in [7, 11) is 0. The van der Waals surface area contributed by atoms with Crippen LogP contribution in [0.25, 0.3) is 11.1 Å². The van der Waals surface area contributed by atoms with Crippen molar-refractivity contribution in [2.24, 2.45) is 0 Å². The number of carboxylic acid groups (broad SMARTS) is 2. The van der Waals surface area contributed by atoms with Crippen molar-refractivity contribution < 1.29 is 42.5 Å². The second-order valence-corrected chi connectivity index (χ2v) is 7.50. The molecule has 8 nitrogen and oxygen atoms in total. The van der Waals surface area contributed by atoms with Crippen LogP contribution in [0.4, 0.5) is 18.0 Å². The number of amides is 1. The van der Waals surface area contributed by atoms with Gasteiger partial charge >= 0.3 is 24.2 Å². The molecule has 1 fully saturated rings. The van der Waals surface area contributed by atoms with E-state index in [0.717, 1.165) is 11.1 Å². The number of alkyl carbamates (subject to hydrolysis) is 1. The van der Waals surface area contributed by atoms with Gasteiger partial charge in [0, 0.05) is 18.5 Å². The van der Waals surface area contributed by atoms with E-state index >= 15 is 0 Å². The molecule has 4 rings (SSSR count). The van der Waals surface area contributed by atoms with Gasteiger partial charge in [0.1, 0.15) is 12.6 Å². The normalized spacial score (nSPS) is 19.0. The fourth-order valence-electron chi connectivity index (χ4n) is 3.84. The van der Waals surface area contributed by atoms with Crippen molar-refractivity contribution in [2.45, 2.75) is 30.6 Å². The minimum atomic E-state index is -5.08. The number of fused-ring (bicyclic) bond motifs is 3. The molecule has 33 heavy (non-hydrogen) atoms. The molecule has 2 aromatic rings. The van der Waals surface area contributed by atoms with Crippen LogP contribution >= 0.6 is 0 Å². The van der Waals surface area contributed by atoms with Gasteiger partial charge < -0.3 is 25.6 Å². The molecule has 1 saturated heterocycles. The quantitative estimate of drug-likeness (QED) is 0.546. The number of halogens is 3. The van der Waals surface area contributed by atoms with Crippen molar-refractivity contribution in [3.8, 4) is 11.1 Å². The molecule has 1 aliphatic heterocycles. The van der Waals surface area contributed by atoms with E-state index in [-0.39, 0.29) is 18.6 Å². The smallest absolute Gasteiger partial charge is 0.480 e. The molecule has 2 aliphatic rings. The molecular weight excluding hydrogens is 445 g/mol. The maximum absolute atomic E-state index is 12.1. The summed E-state index contributed by atoms with van der Waals surface area (Å²) in [5, 5.41) is 21.7. The van der Waals surface area contributed by atoms with Crippen molar-refractivity contribution in [1.29, 1.82) is 0 Å². The number of rotatable bonds is 4. The van der Waals surface area contributed by atoms with E-state index in [4.69, 9.17) is 19.7 Å². The van der Waals surface area contributed by atoms with Crippen LogP contribution in [0.15, 0.2) is 48.5 Å². The van der Waals surface area contributed by atoms with E-state index in [2.05, 4.69) is 34.9 Å². The maximum atomic E-state index is 12.1. The number of nitrogens with one attached hydrogen (secondary N) is 2. The number of benzene rings is 2. The molecule has 0 radical (unpaired) electrons. The van der Waals surface area contributed by atoms with Crippen LogP contribution in [-0.4, -0.2) is 59.7 Å². The summed E-state index contributed by atoms with van der Waals surface area (Å²) < 4.78 is 37.2. The molecule has 0 aromatic heterocycles. The molecule has 0 saturated carbocycles. The van der Waals surface area contributed by atoms with E-state index in [1.54, 1.807) is 0 Å². The zero-order valence-electron chi connectivity index (χ0n) is 17.1. The third kappa shape index (κ3) is 5.80. The van der Waals surface area contributed by atoms with E-state index in [9.17, 15) is 22.8 Å². The third-order valence-corrected chi connectivity index (χ3v) is 5.34. The van der Waals surface area contributed by atoms with Gasteiger partial charge in [-0.2, -0.15) is 13.2 Å². The first-order valence-electron chi connectivity index (χ1n) is 9.95. The Morgan fingerprint density at radius 2 is 1.52 bits per heavy atom. The molecule has 2 atom stereocenters. The number of carboxylic acids is 2. The summed E-state index contributed by atoms with van der Waals surface area (Å²) in [5.74, 6) is -3.64. The maximum Gasteiger partial charge on any atom is 0.490 e. The van der Waals surface area contributed by atoms with Gasteiger partial charge in [-0.1, -0.05) is 48.5 Å². The number of alkyl halides is 3. The van der Waals surface area contributed by atoms with E-state index in [0.29, 0.717) is 13.0 Å². The van der Waals surface area contributed by atoms with Gasteiger partial charge in [-0.15, -0.1) is 0 Å². The average Bonchev–Trinajstić information content (AvgIpc) is 3.35. The average molecular weight is 466 g/mol. The molecule has 1 heterocycles. The summed E-state index contributed by atoms with van der Waals surface area (Å²) in [6.45, 7) is 0.684. The first kappa shape index (κ1) is 24.1. The zero-order valence-corrected chi connectivity index (χ0v) is 17.1. The molecule has 11 heteroatoms. The Morgan fingerprint density at radius 1 is 1.00 bits per heavy atom. The monoisotopic (exact) mass is 466 g/mol. The highest BCUT2D eigenvalue weighted by Crippen LogP contribution is 2.44. The summed E-state index contributed by atoms with van der Waals surface area (Å²) in [6.07, 6.45) is -5.23. The Balaban J connectivity index is 0.000000383. The molecule has 0 spiro atoms. The van der Waals surface area contributed by atoms with Gasteiger partial charge in [-0.3, -0.25) is 4.79 Å². The Hall–Kier alpha value is -3.60. The number of carbonyl (C=O) groups is 3. The number of aliphatic carboxylic acids is 2. The fraction of sp³-hybridized carbons (Fsp3) is 0.318. The van der Waals surface area contributed by atoms with Crippen molar-refractivity contribution in [2.75, 3.05) is 13.2 Å². The second-order valence-electron chi connectivity index (χ2n) is 7.50. The lowest BCUT2D eigenvalue weighted by atomic mass is 9.98. The van der Waals surface area contributed by atoms with Crippen LogP contribution in [0.3, 0.4) is 0 Å². The summed E-state index contributed by atoms with van der Waals surface area (Å²) in [6, 6.07) is 15.5. The molecule has 2 aromatic carbocycles. The lowest BCUT2D eigenvalue weighted by Crippen LogP contribution is -2.37. The first-order chi connectivity index (χ1) is 15.6. The Labute approximate surface area is 186 Å². The minimum absolute atomic E-state index is 0.0154. The largest absolute Gasteiger partial charge is 0.490 e. The van der Waals surface area contributed by atoms with Crippen LogP contribution in [-0.2, 0) is 14.3 Å². The Kier molecular flexibility index (Phi) is 7.22. The molecule has 1 aliphatic carbocycles. The minimum Gasteiger partial charge on any atom is -0.480 e. The Morgan fingerprint density at radius 3 is 1.97 bits per heavy atom. The van der Waals surface area contributed by atoms with E-state index in [1.165, 1.54) is 11.1 Å². The fourth-order valence-corrected chi connectivity index (χ4v) is 3.84. The lowest BCUT2D eigenvalue weighted by molar-refractivity contribution is -0.192. The van der Waals surface area contributed by atoms with Gasteiger partial charge in [-0.25, -0.2) is 9.59 Å². The molecular formula is C22H21F3N2O6. The number of ether oxygens (including phenoxy) is 1. The van der Waals surface area contributed by atoms with Crippen molar-refractivity contribution in [3.05, 3.63) is 59.7 Å². The highest BCUT2D eigenvalue weighted by atomic mass is 19.4. The predicted molar refractivity (Wildman–Crippen MR) is 110 cm³/mol. The predicted octanol–water partition coefficient (Wildman–Crippen LogP) is 2.97. The van der Waals surface area contributed by atoms with E-state index in [1.807, 2.05) is 24.3 Å². The van der Waals surface area contributed by atoms with Gasteiger partial charge in [-0.05, 0) is 28.7 Å². The Bertz CT molecular complexity index is 997. The molecule has 176 valence electrons. The van der Waals surface area contributed by atoms with Crippen molar-refractivity contribution >= 4 is 18.0 Å². The van der Waals surface area contributed by atoms with Gasteiger partial charge in [0.05, 0.1) is 0 Å². The van der Waals surface area contributed by atoms with Crippen LogP contribution < -0.4 is 10.6 Å². The zero-order chi connectivity index (χ0) is 24.2. The first-order valence-corrected chi connectivity index (χ1v) is 9.95. The van der Waals surface area contributed by atoms with Crippen LogP contribution in [0.1, 0.15) is 23.5 Å². The topological polar surface area (TPSA) is 125 Å². The molecule has 4 N–H and O–H groups in total. The van der Waals surface area contributed by atoms with Gasteiger partial charge in [0.15, 0.2) is 0 Å². The third-order valence-electron chi connectivity index (χ3n) is 5.34. The molecule has 1 amide bonds. The van der Waals surface area contributed by atoms with Crippen LogP contribution in [0, 0.1) is 0 Å². The lowest BCUT2D eigenvalue weighted by Gasteiger charge is -2.16. The van der Waals surface area contributed by atoms with Gasteiger partial charge in [0.25, 0.3) is 0 Å².